The first-order valence-corrected chi connectivity index (χ1v) is 4.50. The second-order valence-electron chi connectivity index (χ2n) is 3.33. The van der Waals surface area contributed by atoms with Gasteiger partial charge in [0.25, 0.3) is 0 Å². The Morgan fingerprint density at radius 1 is 1.27 bits per heavy atom. The largest absolute Gasteiger partial charge is 0.376 e. The van der Waals surface area contributed by atoms with E-state index < -0.39 is 0 Å². The molecule has 0 aliphatic heterocycles. The minimum atomic E-state index is 0.282. The molecule has 0 aliphatic rings. The molecule has 0 bridgehead atoms. The molecule has 0 atom stereocenters. The number of nitrogen functional groups attached to an aromatic ring is 1. The number of tetrazole rings is 1. The van der Waals surface area contributed by atoms with Gasteiger partial charge >= 0.3 is 0 Å². The van der Waals surface area contributed by atoms with Crippen molar-refractivity contribution in [3.63, 3.8) is 0 Å². The summed E-state index contributed by atoms with van der Waals surface area (Å²) in [4.78, 5) is 1.98. The van der Waals surface area contributed by atoms with Crippen molar-refractivity contribution in [1.29, 1.82) is 0 Å². The normalized spacial score (nSPS) is 10.3. The molecule has 0 saturated carbocycles. The molecule has 15 heavy (non-hydrogen) atoms. The van der Waals surface area contributed by atoms with E-state index in [4.69, 9.17) is 5.73 Å². The summed E-state index contributed by atoms with van der Waals surface area (Å²) in [5.41, 5.74) is 7.53. The Balaban J connectivity index is 2.58. The van der Waals surface area contributed by atoms with Gasteiger partial charge in [0.1, 0.15) is 0 Å². The van der Waals surface area contributed by atoms with Crippen molar-refractivity contribution in [2.24, 2.45) is 0 Å². The molecule has 0 aliphatic carbocycles. The smallest absolute Gasteiger partial charge is 0.245 e. The molecule has 0 spiro atoms. The molecule has 1 aromatic carbocycles. The van der Waals surface area contributed by atoms with Crippen LogP contribution in [-0.4, -0.2) is 34.3 Å². The molecule has 6 nitrogen and oxygen atoms in total. The standard InChI is InChI=1S/C9H12N6/c1-14(2)7-5-3-4-6-8(7)15-9(10)11-12-13-15/h3-6H,1-2H3,(H2,10,11,13). The van der Waals surface area contributed by atoms with Gasteiger partial charge in [0.2, 0.25) is 5.95 Å². The van der Waals surface area contributed by atoms with Crippen molar-refractivity contribution in [3.8, 4) is 5.69 Å². The van der Waals surface area contributed by atoms with Crippen LogP contribution in [0.25, 0.3) is 5.69 Å². The molecular formula is C9H12N6. The summed E-state index contributed by atoms with van der Waals surface area (Å²) in [6.07, 6.45) is 0. The molecule has 0 fully saturated rings. The highest BCUT2D eigenvalue weighted by atomic mass is 15.6. The van der Waals surface area contributed by atoms with Crippen LogP contribution in [0.4, 0.5) is 11.6 Å². The molecular weight excluding hydrogens is 192 g/mol. The highest BCUT2D eigenvalue weighted by Gasteiger charge is 2.09. The quantitative estimate of drug-likeness (QED) is 0.762. The van der Waals surface area contributed by atoms with Gasteiger partial charge in [-0.15, -0.1) is 0 Å². The van der Waals surface area contributed by atoms with Gasteiger partial charge in [0, 0.05) is 14.1 Å². The molecule has 0 radical (unpaired) electrons. The Kier molecular flexibility index (Phi) is 2.24. The fourth-order valence-corrected chi connectivity index (χ4v) is 1.39. The third-order valence-electron chi connectivity index (χ3n) is 2.09. The fraction of sp³-hybridized carbons (Fsp3) is 0.222. The summed E-state index contributed by atoms with van der Waals surface area (Å²) in [6.45, 7) is 0. The molecule has 0 saturated heterocycles. The molecule has 1 heterocycles. The van der Waals surface area contributed by atoms with Crippen LogP contribution in [0.1, 0.15) is 0 Å². The molecule has 2 N–H and O–H groups in total. The van der Waals surface area contributed by atoms with Crippen molar-refractivity contribution >= 4 is 11.6 Å². The molecule has 1 aromatic heterocycles. The van der Waals surface area contributed by atoms with Crippen molar-refractivity contribution in [2.45, 2.75) is 0 Å². The summed E-state index contributed by atoms with van der Waals surface area (Å²) < 4.78 is 1.51. The summed E-state index contributed by atoms with van der Waals surface area (Å²) in [5, 5.41) is 11.0. The van der Waals surface area contributed by atoms with Gasteiger partial charge in [-0.3, -0.25) is 0 Å². The molecule has 6 heteroatoms. The lowest BCUT2D eigenvalue weighted by atomic mass is 10.2. The van der Waals surface area contributed by atoms with Gasteiger partial charge < -0.3 is 10.6 Å². The second kappa shape index (κ2) is 3.56. The van der Waals surface area contributed by atoms with Gasteiger partial charge in [-0.25, -0.2) is 0 Å². The summed E-state index contributed by atoms with van der Waals surface area (Å²) in [5.74, 6) is 0.282. The van der Waals surface area contributed by atoms with E-state index in [-0.39, 0.29) is 5.95 Å². The lowest BCUT2D eigenvalue weighted by Gasteiger charge is -2.16. The van der Waals surface area contributed by atoms with Crippen molar-refractivity contribution in [3.05, 3.63) is 24.3 Å². The number of hydrogen-bond acceptors (Lipinski definition) is 5. The minimum Gasteiger partial charge on any atom is -0.376 e. The predicted molar refractivity (Wildman–Crippen MR) is 57.9 cm³/mol. The Morgan fingerprint density at radius 3 is 2.60 bits per heavy atom. The maximum absolute atomic E-state index is 5.65. The van der Waals surface area contributed by atoms with E-state index in [2.05, 4.69) is 15.5 Å². The number of nitrogens with two attached hydrogens (primary N) is 1. The zero-order valence-corrected chi connectivity index (χ0v) is 8.62. The van der Waals surface area contributed by atoms with E-state index in [9.17, 15) is 0 Å². The summed E-state index contributed by atoms with van der Waals surface area (Å²) in [6, 6.07) is 7.78. The van der Waals surface area contributed by atoms with Crippen LogP contribution in [0.5, 0.6) is 0 Å². The van der Waals surface area contributed by atoms with Crippen LogP contribution in [0.15, 0.2) is 24.3 Å². The molecule has 0 amide bonds. The number of para-hydroxylation sites is 2. The first kappa shape index (κ1) is 9.45. The van der Waals surface area contributed by atoms with E-state index in [0.29, 0.717) is 0 Å². The van der Waals surface area contributed by atoms with Gasteiger partial charge in [0.05, 0.1) is 11.4 Å². The number of aromatic nitrogens is 4. The van der Waals surface area contributed by atoms with Gasteiger partial charge in [0.15, 0.2) is 0 Å². The average molecular weight is 204 g/mol. The van der Waals surface area contributed by atoms with Crippen LogP contribution in [0.2, 0.25) is 0 Å². The Morgan fingerprint density at radius 2 is 2.00 bits per heavy atom. The minimum absolute atomic E-state index is 0.282. The lowest BCUT2D eigenvalue weighted by Crippen LogP contribution is -2.13. The van der Waals surface area contributed by atoms with E-state index in [1.165, 1.54) is 4.68 Å². The zero-order chi connectivity index (χ0) is 10.8. The highest BCUT2D eigenvalue weighted by molar-refractivity contribution is 5.62. The SMILES string of the molecule is CN(C)c1ccccc1-n1nnnc1N. The zero-order valence-electron chi connectivity index (χ0n) is 8.62. The third-order valence-corrected chi connectivity index (χ3v) is 2.09. The van der Waals surface area contributed by atoms with Crippen LogP contribution in [-0.2, 0) is 0 Å². The highest BCUT2D eigenvalue weighted by Crippen LogP contribution is 2.22. The van der Waals surface area contributed by atoms with Gasteiger partial charge in [-0.2, -0.15) is 4.68 Å². The Labute approximate surface area is 87.3 Å². The summed E-state index contributed by atoms with van der Waals surface area (Å²) >= 11 is 0. The molecule has 78 valence electrons. The first-order chi connectivity index (χ1) is 7.20. The van der Waals surface area contributed by atoms with Crippen LogP contribution < -0.4 is 10.6 Å². The first-order valence-electron chi connectivity index (χ1n) is 4.50. The molecule has 2 aromatic rings. The van der Waals surface area contributed by atoms with E-state index in [1.807, 2.05) is 43.3 Å². The van der Waals surface area contributed by atoms with Crippen molar-refractivity contribution in [2.75, 3.05) is 24.7 Å². The van der Waals surface area contributed by atoms with Crippen molar-refractivity contribution < 1.29 is 0 Å². The molecule has 0 unspecified atom stereocenters. The van der Waals surface area contributed by atoms with Crippen LogP contribution in [0.3, 0.4) is 0 Å². The van der Waals surface area contributed by atoms with Crippen molar-refractivity contribution in [1.82, 2.24) is 20.2 Å². The van der Waals surface area contributed by atoms with Gasteiger partial charge in [-0.05, 0) is 22.6 Å². The van der Waals surface area contributed by atoms with Crippen LogP contribution in [0, 0.1) is 0 Å². The number of benzene rings is 1. The fourth-order valence-electron chi connectivity index (χ4n) is 1.39. The molecule has 2 rings (SSSR count). The van der Waals surface area contributed by atoms with Crippen LogP contribution >= 0.6 is 0 Å². The topological polar surface area (TPSA) is 72.9 Å². The Hall–Kier alpha value is -2.11. The number of nitrogens with zero attached hydrogens (tertiary/aromatic N) is 5. The average Bonchev–Trinajstić information content (AvgIpc) is 2.64. The Bertz CT molecular complexity index is 461. The van der Waals surface area contributed by atoms with E-state index >= 15 is 0 Å². The van der Waals surface area contributed by atoms with E-state index in [1.54, 1.807) is 0 Å². The number of anilines is 2. The lowest BCUT2D eigenvalue weighted by molar-refractivity contribution is 0.790. The van der Waals surface area contributed by atoms with E-state index in [0.717, 1.165) is 11.4 Å². The second-order valence-corrected chi connectivity index (χ2v) is 3.33. The number of hydrogen-bond donors (Lipinski definition) is 1. The number of rotatable bonds is 2. The monoisotopic (exact) mass is 204 g/mol. The maximum Gasteiger partial charge on any atom is 0.245 e. The predicted octanol–water partition coefficient (Wildman–Crippen LogP) is 0.310. The third kappa shape index (κ3) is 1.61. The van der Waals surface area contributed by atoms with Gasteiger partial charge in [-0.1, -0.05) is 17.2 Å². The maximum atomic E-state index is 5.65. The summed E-state index contributed by atoms with van der Waals surface area (Å²) in [7, 11) is 3.92.